The fourth-order valence-electron chi connectivity index (χ4n) is 1.15. The van der Waals surface area contributed by atoms with E-state index in [0.717, 1.165) is 26.2 Å². The van der Waals surface area contributed by atoms with Crippen molar-refractivity contribution in [3.63, 3.8) is 0 Å². The minimum Gasteiger partial charge on any atom is -0.379 e. The van der Waals surface area contributed by atoms with Crippen molar-refractivity contribution in [3.8, 4) is 0 Å². The van der Waals surface area contributed by atoms with Crippen molar-refractivity contribution in [2.24, 2.45) is 0 Å². The molecule has 0 aliphatic rings. The van der Waals surface area contributed by atoms with Crippen molar-refractivity contribution in [3.05, 3.63) is 0 Å². The van der Waals surface area contributed by atoms with Crippen LogP contribution in [0.3, 0.4) is 0 Å². The van der Waals surface area contributed by atoms with Crippen LogP contribution in [-0.2, 0) is 14.2 Å². The number of nitrogens with zero attached hydrogens (tertiary/aromatic N) is 1. The summed E-state index contributed by atoms with van der Waals surface area (Å²) in [7, 11) is 2.11. The number of ether oxygens (including phenoxy) is 3. The molecule has 0 saturated carbocycles. The van der Waals surface area contributed by atoms with Crippen molar-refractivity contribution in [2.45, 2.75) is 33.2 Å². The molecule has 0 fully saturated rings. The lowest BCUT2D eigenvalue weighted by Crippen LogP contribution is -2.30. The van der Waals surface area contributed by atoms with E-state index in [2.05, 4.69) is 32.7 Å². The Kier molecular flexibility index (Phi) is 12.2. The topological polar surface area (TPSA) is 30.9 Å². The van der Waals surface area contributed by atoms with Gasteiger partial charge in [-0.1, -0.05) is 6.92 Å². The normalized spacial score (nSPS) is 11.6. The zero-order valence-corrected chi connectivity index (χ0v) is 11.9. The van der Waals surface area contributed by atoms with Crippen molar-refractivity contribution in [1.29, 1.82) is 0 Å². The molecule has 0 aliphatic carbocycles. The van der Waals surface area contributed by atoms with E-state index < -0.39 is 0 Å². The van der Waals surface area contributed by atoms with Crippen LogP contribution >= 0.6 is 0 Å². The SMILES string of the molecule is CCCOCCOCCOCCN(C)C(C)C. The van der Waals surface area contributed by atoms with Crippen LogP contribution in [0.15, 0.2) is 0 Å². The highest BCUT2D eigenvalue weighted by Gasteiger charge is 2.01. The average molecular weight is 247 g/mol. The van der Waals surface area contributed by atoms with E-state index in [1.54, 1.807) is 0 Å². The van der Waals surface area contributed by atoms with Gasteiger partial charge in [0, 0.05) is 19.2 Å². The molecule has 4 nitrogen and oxygen atoms in total. The summed E-state index contributed by atoms with van der Waals surface area (Å²) >= 11 is 0. The first-order valence-electron chi connectivity index (χ1n) is 6.62. The number of hydrogen-bond donors (Lipinski definition) is 0. The second-order valence-electron chi connectivity index (χ2n) is 4.41. The Morgan fingerprint density at radius 1 is 0.824 bits per heavy atom. The van der Waals surface area contributed by atoms with Crippen LogP contribution in [-0.4, -0.2) is 64.2 Å². The second-order valence-corrected chi connectivity index (χ2v) is 4.41. The van der Waals surface area contributed by atoms with Crippen molar-refractivity contribution in [1.82, 2.24) is 4.90 Å². The van der Waals surface area contributed by atoms with Gasteiger partial charge in [0.25, 0.3) is 0 Å². The van der Waals surface area contributed by atoms with Gasteiger partial charge in [0.05, 0.1) is 33.0 Å². The van der Waals surface area contributed by atoms with Crippen LogP contribution in [0.1, 0.15) is 27.2 Å². The molecule has 0 N–H and O–H groups in total. The van der Waals surface area contributed by atoms with Crippen LogP contribution in [0, 0.1) is 0 Å². The molecule has 0 saturated heterocycles. The third-order valence-corrected chi connectivity index (χ3v) is 2.56. The van der Waals surface area contributed by atoms with Gasteiger partial charge in [0.15, 0.2) is 0 Å². The highest BCUT2D eigenvalue weighted by Crippen LogP contribution is 1.92. The molecule has 17 heavy (non-hydrogen) atoms. The Morgan fingerprint density at radius 2 is 1.29 bits per heavy atom. The van der Waals surface area contributed by atoms with Crippen LogP contribution in [0.25, 0.3) is 0 Å². The van der Waals surface area contributed by atoms with Gasteiger partial charge in [0.1, 0.15) is 0 Å². The van der Waals surface area contributed by atoms with E-state index in [9.17, 15) is 0 Å². The highest BCUT2D eigenvalue weighted by atomic mass is 16.5. The third-order valence-electron chi connectivity index (χ3n) is 2.56. The molecular formula is C13H29NO3. The summed E-state index contributed by atoms with van der Waals surface area (Å²) in [6.07, 6.45) is 1.06. The quantitative estimate of drug-likeness (QED) is 0.492. The zero-order valence-electron chi connectivity index (χ0n) is 11.9. The standard InChI is InChI=1S/C13H29NO3/c1-5-7-15-9-11-17-12-10-16-8-6-14(4)13(2)3/h13H,5-12H2,1-4H3. The van der Waals surface area contributed by atoms with Gasteiger partial charge in [-0.25, -0.2) is 0 Å². The van der Waals surface area contributed by atoms with E-state index >= 15 is 0 Å². The van der Waals surface area contributed by atoms with Crippen molar-refractivity contribution >= 4 is 0 Å². The van der Waals surface area contributed by atoms with Gasteiger partial charge in [-0.05, 0) is 27.3 Å². The maximum absolute atomic E-state index is 5.47. The molecule has 0 atom stereocenters. The molecule has 0 rings (SSSR count). The fourth-order valence-corrected chi connectivity index (χ4v) is 1.15. The molecule has 0 heterocycles. The average Bonchev–Trinajstić information content (AvgIpc) is 2.31. The maximum Gasteiger partial charge on any atom is 0.0701 e. The van der Waals surface area contributed by atoms with E-state index in [0.29, 0.717) is 32.5 Å². The molecular weight excluding hydrogens is 218 g/mol. The lowest BCUT2D eigenvalue weighted by Gasteiger charge is -2.20. The molecule has 0 bridgehead atoms. The predicted octanol–water partition coefficient (Wildman–Crippen LogP) is 1.79. The smallest absolute Gasteiger partial charge is 0.0701 e. The molecule has 0 amide bonds. The monoisotopic (exact) mass is 247 g/mol. The number of hydrogen-bond acceptors (Lipinski definition) is 4. The van der Waals surface area contributed by atoms with Crippen LogP contribution < -0.4 is 0 Å². The zero-order chi connectivity index (χ0) is 12.9. The molecule has 0 radical (unpaired) electrons. The minimum absolute atomic E-state index is 0.575. The summed E-state index contributed by atoms with van der Waals surface area (Å²) in [5.41, 5.74) is 0. The first-order valence-corrected chi connectivity index (χ1v) is 6.62. The molecule has 0 aromatic heterocycles. The molecule has 0 aliphatic heterocycles. The van der Waals surface area contributed by atoms with E-state index in [-0.39, 0.29) is 0 Å². The van der Waals surface area contributed by atoms with E-state index in [1.807, 2.05) is 0 Å². The van der Waals surface area contributed by atoms with Gasteiger partial charge >= 0.3 is 0 Å². The minimum atomic E-state index is 0.575. The fraction of sp³-hybridized carbons (Fsp3) is 1.00. The number of rotatable bonds is 12. The van der Waals surface area contributed by atoms with Gasteiger partial charge < -0.3 is 19.1 Å². The maximum atomic E-state index is 5.47. The largest absolute Gasteiger partial charge is 0.379 e. The van der Waals surface area contributed by atoms with E-state index in [1.165, 1.54) is 0 Å². The molecule has 104 valence electrons. The summed E-state index contributed by atoms with van der Waals surface area (Å²) < 4.78 is 16.1. The Labute approximate surface area is 106 Å². The van der Waals surface area contributed by atoms with Crippen LogP contribution in [0.2, 0.25) is 0 Å². The van der Waals surface area contributed by atoms with Gasteiger partial charge in [-0.3, -0.25) is 0 Å². The Bertz CT molecular complexity index is 154. The van der Waals surface area contributed by atoms with Gasteiger partial charge in [-0.15, -0.1) is 0 Å². The molecule has 4 heteroatoms. The van der Waals surface area contributed by atoms with Crippen molar-refractivity contribution in [2.75, 3.05) is 53.2 Å². The number of likely N-dealkylation sites (N-methyl/N-ethyl adjacent to an activating group) is 1. The van der Waals surface area contributed by atoms with Gasteiger partial charge in [0.2, 0.25) is 0 Å². The lowest BCUT2D eigenvalue weighted by molar-refractivity contribution is 0.0106. The first-order chi connectivity index (χ1) is 8.18. The highest BCUT2D eigenvalue weighted by molar-refractivity contribution is 4.55. The van der Waals surface area contributed by atoms with Crippen LogP contribution in [0.4, 0.5) is 0 Å². The molecule has 0 aromatic carbocycles. The summed E-state index contributed by atoms with van der Waals surface area (Å²) in [4.78, 5) is 2.26. The predicted molar refractivity (Wildman–Crippen MR) is 70.5 cm³/mol. The summed E-state index contributed by atoms with van der Waals surface area (Å²) in [6.45, 7) is 11.7. The Balaban J connectivity index is 3.03. The van der Waals surface area contributed by atoms with Gasteiger partial charge in [-0.2, -0.15) is 0 Å². The van der Waals surface area contributed by atoms with E-state index in [4.69, 9.17) is 14.2 Å². The molecule has 0 aromatic rings. The second kappa shape index (κ2) is 12.3. The third kappa shape index (κ3) is 12.1. The molecule has 0 spiro atoms. The summed E-state index contributed by atoms with van der Waals surface area (Å²) in [6, 6.07) is 0.575. The first kappa shape index (κ1) is 16.8. The summed E-state index contributed by atoms with van der Waals surface area (Å²) in [5, 5.41) is 0. The lowest BCUT2D eigenvalue weighted by atomic mass is 10.3. The summed E-state index contributed by atoms with van der Waals surface area (Å²) in [5.74, 6) is 0. The molecule has 0 unspecified atom stereocenters. The van der Waals surface area contributed by atoms with Crippen molar-refractivity contribution < 1.29 is 14.2 Å². The van der Waals surface area contributed by atoms with Crippen LogP contribution in [0.5, 0.6) is 0 Å². The Morgan fingerprint density at radius 3 is 1.76 bits per heavy atom. The Hall–Kier alpha value is -0.160.